The van der Waals surface area contributed by atoms with Crippen molar-refractivity contribution in [3.8, 4) is 5.75 Å². The van der Waals surface area contributed by atoms with Gasteiger partial charge in [0.05, 0.1) is 25.3 Å². The number of carbonyl (C=O) groups is 1. The molecule has 1 saturated heterocycles. The summed E-state index contributed by atoms with van der Waals surface area (Å²) in [6, 6.07) is 16.3. The number of benzene rings is 2. The van der Waals surface area contributed by atoms with Crippen LogP contribution < -0.4 is 19.9 Å². The number of amides is 1. The number of anilines is 2. The first kappa shape index (κ1) is 20.3. The van der Waals surface area contributed by atoms with Gasteiger partial charge >= 0.3 is 0 Å². The SMILES string of the molecule is COc1ccc2c(c1)N1CCN(c3cnccn3)CC1C(C(=O)NCc1ccccc1)C2. The van der Waals surface area contributed by atoms with E-state index in [-0.39, 0.29) is 17.9 Å². The van der Waals surface area contributed by atoms with Crippen LogP contribution in [0, 0.1) is 5.92 Å². The molecule has 0 radical (unpaired) electrons. The van der Waals surface area contributed by atoms with E-state index in [0.29, 0.717) is 13.0 Å². The molecule has 2 atom stereocenters. The van der Waals surface area contributed by atoms with Crippen molar-refractivity contribution in [2.45, 2.75) is 19.0 Å². The van der Waals surface area contributed by atoms with Crippen LogP contribution in [0.1, 0.15) is 11.1 Å². The van der Waals surface area contributed by atoms with E-state index in [1.165, 1.54) is 11.3 Å². The standard InChI is InChI=1S/C25H27N5O2/c1-32-20-8-7-19-13-21(25(31)28-15-18-5-3-2-4-6-18)23-17-29(24-16-26-9-10-27-24)11-12-30(23)22(19)14-20/h2-10,14,16,21,23H,11-13,15,17H2,1H3,(H,28,31). The molecule has 5 rings (SSSR count). The van der Waals surface area contributed by atoms with Gasteiger partial charge in [-0.15, -0.1) is 0 Å². The van der Waals surface area contributed by atoms with Crippen LogP contribution >= 0.6 is 0 Å². The Morgan fingerprint density at radius 2 is 2.03 bits per heavy atom. The summed E-state index contributed by atoms with van der Waals surface area (Å²) in [6.07, 6.45) is 5.89. The van der Waals surface area contributed by atoms with Crippen molar-refractivity contribution in [1.29, 1.82) is 0 Å². The first-order valence-corrected chi connectivity index (χ1v) is 11.0. The molecule has 7 nitrogen and oxygen atoms in total. The lowest BCUT2D eigenvalue weighted by molar-refractivity contribution is -0.126. The van der Waals surface area contributed by atoms with E-state index in [1.54, 1.807) is 25.7 Å². The van der Waals surface area contributed by atoms with E-state index in [4.69, 9.17) is 4.74 Å². The maximum atomic E-state index is 13.4. The molecule has 32 heavy (non-hydrogen) atoms. The molecule has 3 heterocycles. The molecule has 0 bridgehead atoms. The molecule has 2 aliphatic heterocycles. The zero-order chi connectivity index (χ0) is 21.9. The predicted molar refractivity (Wildman–Crippen MR) is 124 cm³/mol. The highest BCUT2D eigenvalue weighted by Crippen LogP contribution is 2.38. The third-order valence-corrected chi connectivity index (χ3v) is 6.44. The van der Waals surface area contributed by atoms with Gasteiger partial charge < -0.3 is 19.9 Å². The van der Waals surface area contributed by atoms with Gasteiger partial charge in [-0.3, -0.25) is 9.78 Å². The van der Waals surface area contributed by atoms with E-state index in [9.17, 15) is 4.79 Å². The lowest BCUT2D eigenvalue weighted by Gasteiger charge is -2.49. The number of hydrogen-bond acceptors (Lipinski definition) is 6. The number of rotatable bonds is 5. The monoisotopic (exact) mass is 429 g/mol. The number of ether oxygens (including phenoxy) is 1. The van der Waals surface area contributed by atoms with Gasteiger partial charge in [-0.1, -0.05) is 36.4 Å². The molecule has 2 aliphatic rings. The van der Waals surface area contributed by atoms with Crippen LogP contribution in [0.2, 0.25) is 0 Å². The van der Waals surface area contributed by atoms with E-state index in [0.717, 1.165) is 36.8 Å². The van der Waals surface area contributed by atoms with Crippen LogP contribution in [-0.2, 0) is 17.8 Å². The fourth-order valence-corrected chi connectivity index (χ4v) is 4.78. The number of nitrogens with zero attached hydrogens (tertiary/aromatic N) is 4. The number of fused-ring (bicyclic) bond motifs is 3. The average Bonchev–Trinajstić information content (AvgIpc) is 2.87. The van der Waals surface area contributed by atoms with E-state index >= 15 is 0 Å². The molecule has 2 aromatic carbocycles. The Labute approximate surface area is 188 Å². The molecular weight excluding hydrogens is 402 g/mol. The van der Waals surface area contributed by atoms with Crippen molar-refractivity contribution in [1.82, 2.24) is 15.3 Å². The summed E-state index contributed by atoms with van der Waals surface area (Å²) < 4.78 is 5.48. The summed E-state index contributed by atoms with van der Waals surface area (Å²) in [5.41, 5.74) is 3.46. The number of hydrogen-bond donors (Lipinski definition) is 1. The molecule has 164 valence electrons. The van der Waals surface area contributed by atoms with E-state index < -0.39 is 0 Å². The zero-order valence-electron chi connectivity index (χ0n) is 18.1. The minimum atomic E-state index is -0.154. The highest BCUT2D eigenvalue weighted by molar-refractivity contribution is 5.82. The maximum Gasteiger partial charge on any atom is 0.225 e. The quantitative estimate of drug-likeness (QED) is 0.673. The molecule has 2 unspecified atom stereocenters. The van der Waals surface area contributed by atoms with Gasteiger partial charge in [-0.05, 0) is 23.6 Å². The molecule has 0 saturated carbocycles. The van der Waals surface area contributed by atoms with Crippen molar-refractivity contribution in [2.75, 3.05) is 36.5 Å². The summed E-state index contributed by atoms with van der Waals surface area (Å²) in [5, 5.41) is 3.17. The first-order valence-electron chi connectivity index (χ1n) is 11.0. The smallest absolute Gasteiger partial charge is 0.225 e. The van der Waals surface area contributed by atoms with Gasteiger partial charge in [0.15, 0.2) is 0 Å². The van der Waals surface area contributed by atoms with Crippen molar-refractivity contribution in [3.63, 3.8) is 0 Å². The molecule has 1 aromatic heterocycles. The molecule has 1 fully saturated rings. The molecule has 0 aliphatic carbocycles. The topological polar surface area (TPSA) is 70.6 Å². The van der Waals surface area contributed by atoms with Gasteiger partial charge in [0.25, 0.3) is 0 Å². The molecular formula is C25H27N5O2. The Kier molecular flexibility index (Phi) is 5.62. The van der Waals surface area contributed by atoms with Crippen molar-refractivity contribution in [2.24, 2.45) is 5.92 Å². The summed E-state index contributed by atoms with van der Waals surface area (Å²) in [5.74, 6) is 1.63. The minimum Gasteiger partial charge on any atom is -0.497 e. The van der Waals surface area contributed by atoms with Crippen LogP contribution in [0.5, 0.6) is 5.75 Å². The average molecular weight is 430 g/mol. The molecule has 1 N–H and O–H groups in total. The lowest BCUT2D eigenvalue weighted by Crippen LogP contribution is -2.61. The number of nitrogens with one attached hydrogen (secondary N) is 1. The third-order valence-electron chi connectivity index (χ3n) is 6.44. The Morgan fingerprint density at radius 1 is 1.16 bits per heavy atom. The van der Waals surface area contributed by atoms with Crippen LogP contribution in [0.4, 0.5) is 11.5 Å². The molecule has 0 spiro atoms. The molecule has 7 heteroatoms. The molecule has 1 amide bonds. The van der Waals surface area contributed by atoms with Crippen LogP contribution in [0.25, 0.3) is 0 Å². The number of carbonyl (C=O) groups excluding carboxylic acids is 1. The summed E-state index contributed by atoms with van der Waals surface area (Å²) in [4.78, 5) is 26.7. The van der Waals surface area contributed by atoms with Gasteiger partial charge in [0.1, 0.15) is 11.6 Å². The van der Waals surface area contributed by atoms with Crippen LogP contribution in [-0.4, -0.2) is 48.7 Å². The minimum absolute atomic E-state index is 0.0427. The van der Waals surface area contributed by atoms with Crippen molar-refractivity contribution in [3.05, 3.63) is 78.2 Å². The van der Waals surface area contributed by atoms with Crippen molar-refractivity contribution >= 4 is 17.4 Å². The van der Waals surface area contributed by atoms with E-state index in [2.05, 4.69) is 37.2 Å². The largest absolute Gasteiger partial charge is 0.497 e. The van der Waals surface area contributed by atoms with Gasteiger partial charge in [0.2, 0.25) is 5.91 Å². The number of aromatic nitrogens is 2. The highest BCUT2D eigenvalue weighted by atomic mass is 16.5. The summed E-state index contributed by atoms with van der Waals surface area (Å²) >= 11 is 0. The second-order valence-corrected chi connectivity index (χ2v) is 8.28. The van der Waals surface area contributed by atoms with Crippen LogP contribution in [0.15, 0.2) is 67.1 Å². The van der Waals surface area contributed by atoms with Crippen molar-refractivity contribution < 1.29 is 9.53 Å². The first-order chi connectivity index (χ1) is 15.7. The number of piperazine rings is 1. The Morgan fingerprint density at radius 3 is 2.81 bits per heavy atom. The van der Waals surface area contributed by atoms with Gasteiger partial charge in [-0.2, -0.15) is 0 Å². The second-order valence-electron chi connectivity index (χ2n) is 8.28. The van der Waals surface area contributed by atoms with Gasteiger partial charge in [0, 0.05) is 50.3 Å². The summed E-state index contributed by atoms with van der Waals surface area (Å²) in [6.45, 7) is 2.89. The summed E-state index contributed by atoms with van der Waals surface area (Å²) in [7, 11) is 1.69. The normalized spacial score (nSPS) is 19.7. The second kappa shape index (κ2) is 8.86. The third kappa shape index (κ3) is 3.98. The Balaban J connectivity index is 1.42. The zero-order valence-corrected chi connectivity index (χ0v) is 18.1. The highest BCUT2D eigenvalue weighted by Gasteiger charge is 2.42. The van der Waals surface area contributed by atoms with Gasteiger partial charge in [-0.25, -0.2) is 4.98 Å². The maximum absolute atomic E-state index is 13.4. The fraction of sp³-hybridized carbons (Fsp3) is 0.320. The predicted octanol–water partition coefficient (Wildman–Crippen LogP) is 2.67. The van der Waals surface area contributed by atoms with E-state index in [1.807, 2.05) is 36.4 Å². The molecule has 3 aromatic rings. The lowest BCUT2D eigenvalue weighted by atomic mass is 9.83. The fourth-order valence-electron chi connectivity index (χ4n) is 4.78. The van der Waals surface area contributed by atoms with Crippen LogP contribution in [0.3, 0.4) is 0 Å². The Bertz CT molecular complexity index is 1080. The Hall–Kier alpha value is -3.61. The number of methoxy groups -OCH3 is 1.